The van der Waals surface area contributed by atoms with Gasteiger partial charge in [0, 0.05) is 0 Å². The summed E-state index contributed by atoms with van der Waals surface area (Å²) < 4.78 is 0. The van der Waals surface area contributed by atoms with Crippen LogP contribution in [0.1, 0.15) is 38.2 Å². The van der Waals surface area contributed by atoms with Gasteiger partial charge >= 0.3 is 0 Å². The van der Waals surface area contributed by atoms with Gasteiger partial charge in [0.1, 0.15) is 0 Å². The maximum absolute atomic E-state index is 5.85. The van der Waals surface area contributed by atoms with Crippen molar-refractivity contribution in [3.63, 3.8) is 0 Å². The molecule has 0 aliphatic carbocycles. The van der Waals surface area contributed by atoms with Crippen molar-refractivity contribution in [1.82, 2.24) is 4.90 Å². The smallest absolute Gasteiger partial charge is 0.00131 e. The second-order valence-electron chi connectivity index (χ2n) is 6.30. The monoisotopic (exact) mass is 260 g/mol. The highest BCUT2D eigenvalue weighted by Crippen LogP contribution is 2.29. The third-order valence-corrected chi connectivity index (χ3v) is 4.59. The molecular weight excluding hydrogens is 232 g/mol. The fourth-order valence-electron chi connectivity index (χ4n) is 2.83. The lowest BCUT2D eigenvalue weighted by Crippen LogP contribution is -2.42. The molecule has 2 N–H and O–H groups in total. The van der Waals surface area contributed by atoms with E-state index in [-0.39, 0.29) is 0 Å². The summed E-state index contributed by atoms with van der Waals surface area (Å²) >= 11 is 0. The van der Waals surface area contributed by atoms with Crippen LogP contribution in [0.15, 0.2) is 30.3 Å². The van der Waals surface area contributed by atoms with Crippen LogP contribution in [0.4, 0.5) is 0 Å². The minimum atomic E-state index is 0.403. The first-order valence-electron chi connectivity index (χ1n) is 7.68. The zero-order chi connectivity index (χ0) is 13.6. The average molecular weight is 260 g/mol. The molecule has 1 aliphatic heterocycles. The zero-order valence-corrected chi connectivity index (χ0v) is 12.3. The molecule has 1 fully saturated rings. The fraction of sp³-hybridized carbons (Fsp3) is 0.647. The Labute approximate surface area is 118 Å². The number of hydrogen-bond acceptors (Lipinski definition) is 2. The summed E-state index contributed by atoms with van der Waals surface area (Å²) in [5.41, 5.74) is 7.72. The first kappa shape index (κ1) is 14.5. The van der Waals surface area contributed by atoms with E-state index in [2.05, 4.69) is 42.2 Å². The van der Waals surface area contributed by atoms with E-state index in [1.54, 1.807) is 0 Å². The summed E-state index contributed by atoms with van der Waals surface area (Å²) in [6.45, 7) is 6.90. The van der Waals surface area contributed by atoms with Gasteiger partial charge in [-0.2, -0.15) is 0 Å². The van der Waals surface area contributed by atoms with Gasteiger partial charge in [0.05, 0.1) is 0 Å². The van der Waals surface area contributed by atoms with Gasteiger partial charge in [0.25, 0.3) is 0 Å². The van der Waals surface area contributed by atoms with Crippen molar-refractivity contribution >= 4 is 0 Å². The Morgan fingerprint density at radius 3 is 2.42 bits per heavy atom. The molecule has 1 saturated heterocycles. The van der Waals surface area contributed by atoms with E-state index in [4.69, 9.17) is 5.73 Å². The van der Waals surface area contributed by atoms with Crippen molar-refractivity contribution in [2.75, 3.05) is 26.2 Å². The van der Waals surface area contributed by atoms with Gasteiger partial charge < -0.3 is 10.6 Å². The third kappa shape index (κ3) is 4.63. The van der Waals surface area contributed by atoms with E-state index in [1.807, 2.05) is 0 Å². The number of likely N-dealkylation sites (tertiary alicyclic amines) is 1. The predicted octanol–water partition coefficient (Wildman–Crippen LogP) is 3.07. The van der Waals surface area contributed by atoms with Crippen LogP contribution in [0, 0.1) is 5.41 Å². The summed E-state index contributed by atoms with van der Waals surface area (Å²) in [7, 11) is 0. The van der Waals surface area contributed by atoms with Crippen molar-refractivity contribution in [2.24, 2.45) is 11.1 Å². The van der Waals surface area contributed by atoms with E-state index in [1.165, 1.54) is 57.3 Å². The lowest BCUT2D eigenvalue weighted by atomic mass is 9.80. The highest BCUT2D eigenvalue weighted by molar-refractivity contribution is 5.14. The van der Waals surface area contributed by atoms with Crippen LogP contribution >= 0.6 is 0 Å². The number of benzene rings is 1. The van der Waals surface area contributed by atoms with Crippen molar-refractivity contribution in [2.45, 2.75) is 39.0 Å². The molecule has 0 unspecified atom stereocenters. The molecule has 2 heteroatoms. The van der Waals surface area contributed by atoms with Crippen LogP contribution < -0.4 is 5.73 Å². The van der Waals surface area contributed by atoms with Crippen LogP contribution in [0.3, 0.4) is 0 Å². The number of unbranched alkanes of at least 4 members (excludes halogenated alkanes) is 1. The Morgan fingerprint density at radius 2 is 1.79 bits per heavy atom. The summed E-state index contributed by atoms with van der Waals surface area (Å²) in [4.78, 5) is 2.61. The molecule has 106 valence electrons. The summed E-state index contributed by atoms with van der Waals surface area (Å²) in [6, 6.07) is 10.8. The van der Waals surface area contributed by atoms with Gasteiger partial charge in [-0.25, -0.2) is 0 Å². The first-order chi connectivity index (χ1) is 9.22. The maximum Gasteiger partial charge on any atom is -0.00131 e. The molecule has 0 saturated carbocycles. The molecule has 2 rings (SSSR count). The minimum Gasteiger partial charge on any atom is -0.330 e. The zero-order valence-electron chi connectivity index (χ0n) is 12.3. The summed E-state index contributed by atoms with van der Waals surface area (Å²) in [6.07, 6.45) is 6.36. The molecule has 1 heterocycles. The van der Waals surface area contributed by atoms with E-state index in [0.717, 1.165) is 6.54 Å². The maximum atomic E-state index is 5.85. The Balaban J connectivity index is 1.60. The summed E-state index contributed by atoms with van der Waals surface area (Å²) in [5, 5.41) is 0. The first-order valence-corrected chi connectivity index (χ1v) is 7.68. The molecule has 0 radical (unpaired) electrons. The quantitative estimate of drug-likeness (QED) is 0.797. The topological polar surface area (TPSA) is 29.3 Å². The number of rotatable bonds is 6. The molecule has 0 aromatic heterocycles. The number of hydrogen-bond donors (Lipinski definition) is 1. The lowest BCUT2D eigenvalue weighted by molar-refractivity contribution is 0.123. The molecule has 1 aliphatic rings. The molecule has 0 amide bonds. The van der Waals surface area contributed by atoms with Crippen molar-refractivity contribution in [3.05, 3.63) is 35.9 Å². The van der Waals surface area contributed by atoms with Crippen LogP contribution in [0.2, 0.25) is 0 Å². The summed E-state index contributed by atoms with van der Waals surface area (Å²) in [5.74, 6) is 0. The second-order valence-corrected chi connectivity index (χ2v) is 6.30. The van der Waals surface area contributed by atoms with Gasteiger partial charge in [0.15, 0.2) is 0 Å². The molecule has 19 heavy (non-hydrogen) atoms. The van der Waals surface area contributed by atoms with Crippen molar-refractivity contribution in [1.29, 1.82) is 0 Å². The van der Waals surface area contributed by atoms with Crippen LogP contribution in [0.5, 0.6) is 0 Å². The van der Waals surface area contributed by atoms with E-state index >= 15 is 0 Å². The molecule has 1 aromatic carbocycles. The largest absolute Gasteiger partial charge is 0.330 e. The van der Waals surface area contributed by atoms with Crippen molar-refractivity contribution in [3.8, 4) is 0 Å². The molecule has 0 spiro atoms. The molecule has 1 aromatic rings. The van der Waals surface area contributed by atoms with E-state index in [9.17, 15) is 0 Å². The van der Waals surface area contributed by atoms with Gasteiger partial charge in [0.2, 0.25) is 0 Å². The average Bonchev–Trinajstić information content (AvgIpc) is 2.47. The Bertz CT molecular complexity index is 353. The van der Waals surface area contributed by atoms with Crippen LogP contribution in [-0.4, -0.2) is 31.1 Å². The van der Waals surface area contributed by atoms with Crippen LogP contribution in [-0.2, 0) is 6.42 Å². The number of nitrogens with two attached hydrogens (primary N) is 1. The van der Waals surface area contributed by atoms with Gasteiger partial charge in [-0.15, -0.1) is 0 Å². The number of nitrogens with zero attached hydrogens (tertiary/aromatic N) is 1. The normalized spacial score (nSPS) is 19.5. The minimum absolute atomic E-state index is 0.403. The Kier molecular flexibility index (Phi) is 5.41. The molecular formula is C17H28N2. The molecule has 0 atom stereocenters. The highest BCUT2D eigenvalue weighted by atomic mass is 15.1. The van der Waals surface area contributed by atoms with Gasteiger partial charge in [-0.1, -0.05) is 37.3 Å². The number of piperidine rings is 1. The van der Waals surface area contributed by atoms with E-state index in [0.29, 0.717) is 5.41 Å². The van der Waals surface area contributed by atoms with Gasteiger partial charge in [-0.05, 0) is 69.3 Å². The Morgan fingerprint density at radius 1 is 1.11 bits per heavy atom. The Hall–Kier alpha value is -0.860. The molecule has 0 bridgehead atoms. The van der Waals surface area contributed by atoms with Gasteiger partial charge in [-0.3, -0.25) is 0 Å². The fourth-order valence-corrected chi connectivity index (χ4v) is 2.83. The second kappa shape index (κ2) is 7.06. The third-order valence-electron chi connectivity index (χ3n) is 4.59. The lowest BCUT2D eigenvalue weighted by Gasteiger charge is -2.38. The van der Waals surface area contributed by atoms with E-state index < -0.39 is 0 Å². The van der Waals surface area contributed by atoms with Crippen molar-refractivity contribution < 1.29 is 0 Å². The standard InChI is InChI=1S/C17H28N2/c1-17(15-18)10-13-19(14-11-17)12-6-5-9-16-7-3-2-4-8-16/h2-4,7-8H,5-6,9-15,18H2,1H3. The van der Waals surface area contributed by atoms with Crippen LogP contribution in [0.25, 0.3) is 0 Å². The highest BCUT2D eigenvalue weighted by Gasteiger charge is 2.28. The SMILES string of the molecule is CC1(CN)CCN(CCCCc2ccccc2)CC1. The molecule has 2 nitrogen and oxygen atoms in total. The predicted molar refractivity (Wildman–Crippen MR) is 82.2 cm³/mol. The number of aryl methyl sites for hydroxylation is 1.